The van der Waals surface area contributed by atoms with Crippen LogP contribution < -0.4 is 18.9 Å². The number of aliphatic hydroxyl groups is 6. The quantitative estimate of drug-likeness (QED) is 0.0776. The SMILES string of the molecule is Cc1c(Cc2ccc(OC(C)C)cc2)c(O[C@@H]2O[C@H](COC(=O)OC[C@H]3O[C@@H](Oc4nn(C(C)C)c(C)c4Cc4ccc(OC(C)C)cc4)[C@H](O)[C@@H](O)[C@H]3O)[C@H](O)[C@H](O)[C@H]2O)nn1C(C)C. The van der Waals surface area contributed by atoms with Gasteiger partial charge in [-0.2, -0.15) is 0 Å². The van der Waals surface area contributed by atoms with Crippen LogP contribution in [0.4, 0.5) is 4.79 Å². The first-order chi connectivity index (χ1) is 31.2. The molecule has 2 fully saturated rings. The van der Waals surface area contributed by atoms with Crippen molar-refractivity contribution in [3.63, 3.8) is 0 Å². The van der Waals surface area contributed by atoms with Gasteiger partial charge in [0.2, 0.25) is 24.3 Å². The molecule has 10 atom stereocenters. The van der Waals surface area contributed by atoms with Crippen molar-refractivity contribution in [2.24, 2.45) is 0 Å². The van der Waals surface area contributed by atoms with Crippen LogP contribution in [-0.2, 0) is 31.8 Å². The monoisotopic (exact) mass is 926 g/mol. The molecule has 6 rings (SSSR count). The molecule has 6 N–H and O–H groups in total. The van der Waals surface area contributed by atoms with Crippen LogP contribution in [0.1, 0.15) is 101 Å². The average Bonchev–Trinajstić information content (AvgIpc) is 3.74. The van der Waals surface area contributed by atoms with Gasteiger partial charge >= 0.3 is 6.16 Å². The van der Waals surface area contributed by atoms with Crippen molar-refractivity contribution < 1.29 is 73.3 Å². The van der Waals surface area contributed by atoms with Crippen LogP contribution in [0.25, 0.3) is 0 Å². The number of nitrogens with zero attached hydrogens (tertiary/aromatic N) is 4. The summed E-state index contributed by atoms with van der Waals surface area (Å²) < 4.78 is 49.5. The van der Waals surface area contributed by atoms with Crippen LogP contribution in [0.5, 0.6) is 23.3 Å². The Balaban J connectivity index is 1.08. The molecular formula is C47H66N4O15. The summed E-state index contributed by atoms with van der Waals surface area (Å²) in [5, 5.41) is 74.5. The van der Waals surface area contributed by atoms with Crippen LogP contribution in [0.15, 0.2) is 48.5 Å². The number of carbonyl (C=O) groups is 1. The normalized spacial score (nSPS) is 25.7. The molecule has 2 aromatic heterocycles. The summed E-state index contributed by atoms with van der Waals surface area (Å²) in [4.78, 5) is 12.9. The van der Waals surface area contributed by atoms with Gasteiger partial charge in [0.25, 0.3) is 0 Å². The molecular weight excluding hydrogens is 861 g/mol. The Morgan fingerprint density at radius 1 is 0.561 bits per heavy atom. The van der Waals surface area contributed by atoms with E-state index in [1.165, 1.54) is 0 Å². The number of ether oxygens (including phenoxy) is 8. The Bertz CT molecular complexity index is 2040. The van der Waals surface area contributed by atoms with Crippen LogP contribution in [0, 0.1) is 13.8 Å². The molecule has 0 radical (unpaired) electrons. The zero-order chi connectivity index (χ0) is 48.1. The molecule has 2 aromatic carbocycles. The largest absolute Gasteiger partial charge is 0.508 e. The predicted molar refractivity (Wildman–Crippen MR) is 237 cm³/mol. The van der Waals surface area contributed by atoms with Gasteiger partial charge in [0.1, 0.15) is 73.5 Å². The Labute approximate surface area is 384 Å². The smallest absolute Gasteiger partial charge is 0.491 e. The first kappa shape index (κ1) is 50.4. The Morgan fingerprint density at radius 2 is 0.909 bits per heavy atom. The lowest BCUT2D eigenvalue weighted by atomic mass is 9.99. The van der Waals surface area contributed by atoms with Crippen LogP contribution in [-0.4, -0.2) is 143 Å². The molecule has 4 heterocycles. The number of benzene rings is 2. The van der Waals surface area contributed by atoms with E-state index in [2.05, 4.69) is 10.2 Å². The van der Waals surface area contributed by atoms with Crippen molar-refractivity contribution >= 4 is 6.16 Å². The van der Waals surface area contributed by atoms with E-state index >= 15 is 0 Å². The fraction of sp³-hybridized carbons (Fsp3) is 0.596. The van der Waals surface area contributed by atoms with E-state index in [1.54, 1.807) is 9.36 Å². The topological polar surface area (TPSA) is 248 Å². The third kappa shape index (κ3) is 11.9. The van der Waals surface area contributed by atoms with E-state index in [1.807, 2.05) is 118 Å². The summed E-state index contributed by atoms with van der Waals surface area (Å²) in [6, 6.07) is 15.1. The van der Waals surface area contributed by atoms with Gasteiger partial charge in [-0.3, -0.25) is 9.36 Å². The van der Waals surface area contributed by atoms with E-state index in [9.17, 15) is 35.4 Å². The Kier molecular flexibility index (Phi) is 16.6. The lowest BCUT2D eigenvalue weighted by molar-refractivity contribution is -0.281. The summed E-state index contributed by atoms with van der Waals surface area (Å²) in [6.07, 6.45) is -16.7. The summed E-state index contributed by atoms with van der Waals surface area (Å²) in [6.45, 7) is 18.1. The average molecular weight is 927 g/mol. The molecule has 2 saturated heterocycles. The standard InChI is InChI=1S/C47H66N4O15/c1-23(2)50-27(9)33(19-29-11-15-31(16-12-29)61-25(5)6)43(48-50)65-45-41(56)39(54)37(52)35(63-45)21-59-47(58)60-22-36-38(53)40(55)42(57)46(64-36)66-44-34(28(10)51(49-44)24(3)4)20-30-13-17-32(18-14-30)62-26(7)8/h11-18,23-26,35-42,45-46,52-57H,19-22H2,1-10H3/t35-,36-,37+,38+,39+,40+,41-,42-,45+,46+/m1/s1. The number of rotatable bonds is 18. The first-order valence-corrected chi connectivity index (χ1v) is 22.4. The molecule has 19 nitrogen and oxygen atoms in total. The Morgan fingerprint density at radius 3 is 1.23 bits per heavy atom. The zero-order valence-corrected chi connectivity index (χ0v) is 39.2. The van der Waals surface area contributed by atoms with Gasteiger partial charge in [-0.15, -0.1) is 10.2 Å². The van der Waals surface area contributed by atoms with Crippen molar-refractivity contribution in [2.45, 2.75) is 168 Å². The summed E-state index contributed by atoms with van der Waals surface area (Å²) in [7, 11) is 0. The van der Waals surface area contributed by atoms with Gasteiger partial charge in [0.15, 0.2) is 0 Å². The molecule has 19 heteroatoms. The highest BCUT2D eigenvalue weighted by molar-refractivity contribution is 5.59. The second kappa shape index (κ2) is 21.8. The van der Waals surface area contributed by atoms with Crippen molar-refractivity contribution in [2.75, 3.05) is 13.2 Å². The highest BCUT2D eigenvalue weighted by Gasteiger charge is 2.48. The highest BCUT2D eigenvalue weighted by atomic mass is 16.8. The van der Waals surface area contributed by atoms with Gasteiger partial charge in [-0.25, -0.2) is 4.79 Å². The molecule has 0 bridgehead atoms. The van der Waals surface area contributed by atoms with Crippen molar-refractivity contribution in [3.8, 4) is 23.3 Å². The van der Waals surface area contributed by atoms with Crippen LogP contribution in [0.2, 0.25) is 0 Å². The zero-order valence-electron chi connectivity index (χ0n) is 39.2. The van der Waals surface area contributed by atoms with E-state index in [-0.39, 0.29) is 36.1 Å². The molecule has 364 valence electrons. The number of aromatic nitrogens is 4. The molecule has 0 aliphatic carbocycles. The fourth-order valence-corrected chi connectivity index (χ4v) is 7.84. The Hall–Kier alpha value is -4.99. The minimum Gasteiger partial charge on any atom is -0.491 e. The van der Waals surface area contributed by atoms with Crippen molar-refractivity contribution in [1.29, 1.82) is 0 Å². The summed E-state index contributed by atoms with van der Waals surface area (Å²) in [5.41, 5.74) is 4.87. The predicted octanol–water partition coefficient (Wildman–Crippen LogP) is 3.84. The maximum Gasteiger partial charge on any atom is 0.508 e. The van der Waals surface area contributed by atoms with E-state index in [0.717, 1.165) is 34.0 Å². The maximum absolute atomic E-state index is 12.9. The van der Waals surface area contributed by atoms with Gasteiger partial charge in [0, 0.05) is 47.4 Å². The molecule has 66 heavy (non-hydrogen) atoms. The fourth-order valence-electron chi connectivity index (χ4n) is 7.84. The second-order valence-corrected chi connectivity index (χ2v) is 17.9. The molecule has 0 spiro atoms. The highest BCUT2D eigenvalue weighted by Crippen LogP contribution is 2.33. The van der Waals surface area contributed by atoms with Crippen LogP contribution >= 0.6 is 0 Å². The number of aliphatic hydroxyl groups excluding tert-OH is 6. The van der Waals surface area contributed by atoms with Crippen LogP contribution in [0.3, 0.4) is 0 Å². The van der Waals surface area contributed by atoms with E-state index in [0.29, 0.717) is 24.0 Å². The summed E-state index contributed by atoms with van der Waals surface area (Å²) in [5.74, 6) is 1.72. The molecule has 0 saturated carbocycles. The van der Waals surface area contributed by atoms with E-state index in [4.69, 9.17) is 37.9 Å². The van der Waals surface area contributed by atoms with Gasteiger partial charge in [0.05, 0.1) is 12.2 Å². The second-order valence-electron chi connectivity index (χ2n) is 17.9. The third-order valence-corrected chi connectivity index (χ3v) is 11.3. The minimum absolute atomic E-state index is 0.0151. The molecule has 4 aromatic rings. The molecule has 0 amide bonds. The molecule has 0 unspecified atom stereocenters. The summed E-state index contributed by atoms with van der Waals surface area (Å²) >= 11 is 0. The lowest BCUT2D eigenvalue weighted by Crippen LogP contribution is -2.60. The van der Waals surface area contributed by atoms with Gasteiger partial charge in [-0.1, -0.05) is 24.3 Å². The van der Waals surface area contributed by atoms with Gasteiger partial charge < -0.3 is 68.5 Å². The number of hydrogen-bond acceptors (Lipinski definition) is 17. The molecule has 2 aliphatic rings. The van der Waals surface area contributed by atoms with Crippen molar-refractivity contribution in [1.82, 2.24) is 19.6 Å². The van der Waals surface area contributed by atoms with Crippen molar-refractivity contribution in [3.05, 3.63) is 82.2 Å². The lowest BCUT2D eigenvalue weighted by Gasteiger charge is -2.40. The van der Waals surface area contributed by atoms with Gasteiger partial charge in [-0.05, 0) is 105 Å². The molecule has 2 aliphatic heterocycles. The third-order valence-electron chi connectivity index (χ3n) is 11.3. The maximum atomic E-state index is 12.9. The number of carbonyl (C=O) groups excluding carboxylic acids is 1. The van der Waals surface area contributed by atoms with E-state index < -0.39 is 80.8 Å². The minimum atomic E-state index is -1.77. The first-order valence-electron chi connectivity index (χ1n) is 22.4. The number of hydrogen-bond donors (Lipinski definition) is 6.